The zero-order valence-electron chi connectivity index (χ0n) is 10.7. The molecule has 0 saturated heterocycles. The highest BCUT2D eigenvalue weighted by atomic mass is 16.5. The molecule has 0 saturated carbocycles. The van der Waals surface area contributed by atoms with Gasteiger partial charge in [-0.2, -0.15) is 0 Å². The number of ether oxygens (including phenoxy) is 2. The van der Waals surface area contributed by atoms with Gasteiger partial charge in [0.2, 0.25) is 0 Å². The van der Waals surface area contributed by atoms with Crippen LogP contribution in [-0.2, 0) is 6.42 Å². The molecule has 1 aromatic carbocycles. The van der Waals surface area contributed by atoms with Gasteiger partial charge in [-0.25, -0.2) is 0 Å². The van der Waals surface area contributed by atoms with Gasteiger partial charge in [-0.1, -0.05) is 17.7 Å². The molecule has 0 aromatic heterocycles. The molecule has 94 valence electrons. The average molecular weight is 236 g/mol. The molecule has 0 bridgehead atoms. The molecule has 0 spiro atoms. The Morgan fingerprint density at radius 2 is 2.06 bits per heavy atom. The Hall–Kier alpha value is -1.48. The van der Waals surface area contributed by atoms with Gasteiger partial charge in [0.05, 0.1) is 20.3 Å². The zero-order chi connectivity index (χ0) is 12.7. The fraction of sp³-hybridized carbons (Fsp3) is 0.429. The Morgan fingerprint density at radius 1 is 1.35 bits per heavy atom. The van der Waals surface area contributed by atoms with Crippen molar-refractivity contribution in [3.05, 3.63) is 35.4 Å². The SMILES string of the molecule is CCOc1cccc(OC)c1CC=C(C)CO. The van der Waals surface area contributed by atoms with Crippen molar-refractivity contribution in [1.29, 1.82) is 0 Å². The summed E-state index contributed by atoms with van der Waals surface area (Å²) in [6.07, 6.45) is 2.69. The molecule has 0 unspecified atom stereocenters. The maximum atomic E-state index is 8.98. The molecule has 17 heavy (non-hydrogen) atoms. The van der Waals surface area contributed by atoms with Crippen LogP contribution in [-0.4, -0.2) is 25.4 Å². The molecule has 1 rings (SSSR count). The van der Waals surface area contributed by atoms with Crippen molar-refractivity contribution in [2.75, 3.05) is 20.3 Å². The number of aliphatic hydroxyl groups is 1. The third-order valence-corrected chi connectivity index (χ3v) is 2.51. The largest absolute Gasteiger partial charge is 0.496 e. The van der Waals surface area contributed by atoms with E-state index in [9.17, 15) is 0 Å². The molecule has 3 nitrogen and oxygen atoms in total. The number of aliphatic hydroxyl groups excluding tert-OH is 1. The van der Waals surface area contributed by atoms with Gasteiger partial charge in [0.25, 0.3) is 0 Å². The number of hydrogen-bond acceptors (Lipinski definition) is 3. The smallest absolute Gasteiger partial charge is 0.126 e. The van der Waals surface area contributed by atoms with E-state index in [1.807, 2.05) is 38.1 Å². The number of allylic oxidation sites excluding steroid dienone is 1. The van der Waals surface area contributed by atoms with E-state index in [0.717, 1.165) is 22.6 Å². The predicted octanol–water partition coefficient (Wildman–Crippen LogP) is 2.58. The number of rotatable bonds is 6. The molecule has 0 radical (unpaired) electrons. The molecule has 0 atom stereocenters. The molecule has 1 N–H and O–H groups in total. The molecular weight excluding hydrogens is 216 g/mol. The quantitative estimate of drug-likeness (QED) is 0.771. The molecule has 1 aromatic rings. The van der Waals surface area contributed by atoms with Gasteiger partial charge in [-0.3, -0.25) is 0 Å². The molecule has 3 heteroatoms. The van der Waals surface area contributed by atoms with Crippen LogP contribution in [0.15, 0.2) is 29.8 Å². The second-order valence-electron chi connectivity index (χ2n) is 3.78. The summed E-state index contributed by atoms with van der Waals surface area (Å²) in [5.74, 6) is 1.66. The molecule has 0 heterocycles. The predicted molar refractivity (Wildman–Crippen MR) is 68.7 cm³/mol. The van der Waals surface area contributed by atoms with Crippen LogP contribution in [0.1, 0.15) is 19.4 Å². The van der Waals surface area contributed by atoms with Gasteiger partial charge in [0.15, 0.2) is 0 Å². The minimum absolute atomic E-state index is 0.0825. The van der Waals surface area contributed by atoms with Gasteiger partial charge in [-0.15, -0.1) is 0 Å². The van der Waals surface area contributed by atoms with Crippen molar-refractivity contribution in [2.24, 2.45) is 0 Å². The van der Waals surface area contributed by atoms with Crippen LogP contribution in [0.4, 0.5) is 0 Å². The number of benzene rings is 1. The molecule has 0 amide bonds. The van der Waals surface area contributed by atoms with Crippen LogP contribution in [0.25, 0.3) is 0 Å². The Bertz CT molecular complexity index is 383. The normalized spacial score (nSPS) is 11.4. The van der Waals surface area contributed by atoms with Gasteiger partial charge < -0.3 is 14.6 Å². The fourth-order valence-electron chi connectivity index (χ4n) is 1.57. The highest BCUT2D eigenvalue weighted by molar-refractivity contribution is 5.46. The zero-order valence-corrected chi connectivity index (χ0v) is 10.7. The lowest BCUT2D eigenvalue weighted by Crippen LogP contribution is -1.99. The highest BCUT2D eigenvalue weighted by Gasteiger charge is 2.08. The maximum Gasteiger partial charge on any atom is 0.126 e. The minimum atomic E-state index is 0.0825. The first-order valence-corrected chi connectivity index (χ1v) is 5.78. The molecule has 0 aliphatic rings. The second kappa shape index (κ2) is 6.97. The lowest BCUT2D eigenvalue weighted by Gasteiger charge is -2.13. The van der Waals surface area contributed by atoms with Crippen molar-refractivity contribution in [3.8, 4) is 11.5 Å². The fourth-order valence-corrected chi connectivity index (χ4v) is 1.57. The van der Waals surface area contributed by atoms with Crippen molar-refractivity contribution in [3.63, 3.8) is 0 Å². The summed E-state index contributed by atoms with van der Waals surface area (Å²) < 4.78 is 10.9. The Balaban J connectivity index is 3.00. The average Bonchev–Trinajstić information content (AvgIpc) is 2.36. The van der Waals surface area contributed by atoms with Gasteiger partial charge >= 0.3 is 0 Å². The van der Waals surface area contributed by atoms with E-state index in [-0.39, 0.29) is 6.61 Å². The van der Waals surface area contributed by atoms with E-state index in [1.54, 1.807) is 7.11 Å². The summed E-state index contributed by atoms with van der Waals surface area (Å²) in [4.78, 5) is 0. The monoisotopic (exact) mass is 236 g/mol. The molecule has 0 aliphatic carbocycles. The van der Waals surface area contributed by atoms with Crippen LogP contribution in [0, 0.1) is 0 Å². The first-order chi connectivity index (χ1) is 8.22. The van der Waals surface area contributed by atoms with Crippen LogP contribution < -0.4 is 9.47 Å². The van der Waals surface area contributed by atoms with Crippen molar-refractivity contribution in [1.82, 2.24) is 0 Å². The summed E-state index contributed by atoms with van der Waals surface area (Å²) in [5, 5.41) is 8.98. The second-order valence-corrected chi connectivity index (χ2v) is 3.78. The van der Waals surface area contributed by atoms with Gasteiger partial charge in [0.1, 0.15) is 11.5 Å². The van der Waals surface area contributed by atoms with Gasteiger partial charge in [0, 0.05) is 5.56 Å². The van der Waals surface area contributed by atoms with Crippen molar-refractivity contribution < 1.29 is 14.6 Å². The lowest BCUT2D eigenvalue weighted by atomic mass is 10.1. The summed E-state index contributed by atoms with van der Waals surface area (Å²) in [7, 11) is 1.65. The standard InChI is InChI=1S/C14H20O3/c1-4-17-14-7-5-6-13(16-3)12(14)9-8-11(2)10-15/h5-8,15H,4,9-10H2,1-3H3. The van der Waals surface area contributed by atoms with Crippen LogP contribution in [0.5, 0.6) is 11.5 Å². The van der Waals surface area contributed by atoms with Crippen LogP contribution in [0.3, 0.4) is 0 Å². The van der Waals surface area contributed by atoms with E-state index >= 15 is 0 Å². The van der Waals surface area contributed by atoms with E-state index in [2.05, 4.69) is 0 Å². The molecular formula is C14H20O3. The van der Waals surface area contributed by atoms with E-state index < -0.39 is 0 Å². The lowest BCUT2D eigenvalue weighted by molar-refractivity contribution is 0.329. The third-order valence-electron chi connectivity index (χ3n) is 2.51. The maximum absolute atomic E-state index is 8.98. The summed E-state index contributed by atoms with van der Waals surface area (Å²) in [6, 6.07) is 5.76. The summed E-state index contributed by atoms with van der Waals surface area (Å²) in [5.41, 5.74) is 1.96. The number of hydrogen-bond donors (Lipinski definition) is 1. The van der Waals surface area contributed by atoms with Crippen LogP contribution in [0.2, 0.25) is 0 Å². The van der Waals surface area contributed by atoms with Crippen molar-refractivity contribution in [2.45, 2.75) is 20.3 Å². The molecule has 0 fully saturated rings. The van der Waals surface area contributed by atoms with Crippen LogP contribution >= 0.6 is 0 Å². The van der Waals surface area contributed by atoms with Crippen molar-refractivity contribution >= 4 is 0 Å². The van der Waals surface area contributed by atoms with E-state index in [0.29, 0.717) is 13.0 Å². The summed E-state index contributed by atoms with van der Waals surface area (Å²) in [6.45, 7) is 4.57. The Kier molecular flexibility index (Phi) is 5.57. The summed E-state index contributed by atoms with van der Waals surface area (Å²) >= 11 is 0. The van der Waals surface area contributed by atoms with E-state index in [1.165, 1.54) is 0 Å². The first kappa shape index (κ1) is 13.6. The topological polar surface area (TPSA) is 38.7 Å². The van der Waals surface area contributed by atoms with Gasteiger partial charge in [-0.05, 0) is 32.4 Å². The molecule has 0 aliphatic heterocycles. The first-order valence-electron chi connectivity index (χ1n) is 5.78. The third kappa shape index (κ3) is 3.79. The minimum Gasteiger partial charge on any atom is -0.496 e. The Morgan fingerprint density at radius 3 is 2.65 bits per heavy atom. The van der Waals surface area contributed by atoms with E-state index in [4.69, 9.17) is 14.6 Å². The number of methoxy groups -OCH3 is 1. The highest BCUT2D eigenvalue weighted by Crippen LogP contribution is 2.29. The Labute approximate surface area is 103 Å².